The summed E-state index contributed by atoms with van der Waals surface area (Å²) < 4.78 is 43.6. The first-order valence-corrected chi connectivity index (χ1v) is 9.07. The quantitative estimate of drug-likeness (QED) is 0.399. The van der Waals surface area contributed by atoms with Gasteiger partial charge in [-0.3, -0.25) is 9.69 Å². The van der Waals surface area contributed by atoms with Gasteiger partial charge in [-0.1, -0.05) is 42.2 Å². The van der Waals surface area contributed by atoms with E-state index in [1.165, 1.54) is 19.2 Å². The summed E-state index contributed by atoms with van der Waals surface area (Å²) in [6.45, 7) is 0. The highest BCUT2D eigenvalue weighted by Gasteiger charge is 2.36. The Morgan fingerprint density at radius 3 is 2.46 bits per heavy atom. The van der Waals surface area contributed by atoms with Crippen LogP contribution >= 0.6 is 24.0 Å². The van der Waals surface area contributed by atoms with Crippen molar-refractivity contribution in [1.82, 2.24) is 0 Å². The van der Waals surface area contributed by atoms with Crippen LogP contribution in [0.5, 0.6) is 0 Å². The number of anilines is 1. The second kappa shape index (κ2) is 7.76. The first-order chi connectivity index (χ1) is 13.2. The number of thioether (sulfide) groups is 1. The SMILES string of the molecule is COC(=O)c1ccc(/C=C2\SC(=S)N(c3cccc(C(F)(F)F)c3)C2=O)cc1. The van der Waals surface area contributed by atoms with Crippen LogP contribution in [0.2, 0.25) is 0 Å². The fourth-order valence-corrected chi connectivity index (χ4v) is 3.80. The van der Waals surface area contributed by atoms with Gasteiger partial charge in [-0.25, -0.2) is 4.79 Å². The summed E-state index contributed by atoms with van der Waals surface area (Å²) in [7, 11) is 1.27. The van der Waals surface area contributed by atoms with E-state index in [-0.39, 0.29) is 14.9 Å². The second-order valence-corrected chi connectivity index (χ2v) is 7.35. The summed E-state index contributed by atoms with van der Waals surface area (Å²) in [4.78, 5) is 25.5. The summed E-state index contributed by atoms with van der Waals surface area (Å²) in [5.74, 6) is -0.992. The van der Waals surface area contributed by atoms with Gasteiger partial charge in [0.1, 0.15) is 0 Å². The van der Waals surface area contributed by atoms with Crippen molar-refractivity contribution < 1.29 is 27.5 Å². The van der Waals surface area contributed by atoms with Gasteiger partial charge in [0.15, 0.2) is 4.32 Å². The summed E-state index contributed by atoms with van der Waals surface area (Å²) in [5.41, 5.74) is 0.191. The average Bonchev–Trinajstić information content (AvgIpc) is 2.94. The first-order valence-electron chi connectivity index (χ1n) is 7.84. The van der Waals surface area contributed by atoms with Crippen LogP contribution in [0.3, 0.4) is 0 Å². The lowest BCUT2D eigenvalue weighted by atomic mass is 10.1. The second-order valence-electron chi connectivity index (χ2n) is 5.68. The van der Waals surface area contributed by atoms with Crippen molar-refractivity contribution in [2.45, 2.75) is 6.18 Å². The Balaban J connectivity index is 1.88. The zero-order valence-electron chi connectivity index (χ0n) is 14.3. The van der Waals surface area contributed by atoms with Crippen molar-refractivity contribution in [1.29, 1.82) is 0 Å². The molecule has 1 saturated heterocycles. The Morgan fingerprint density at radius 2 is 1.86 bits per heavy atom. The Bertz CT molecular complexity index is 985. The molecule has 0 bridgehead atoms. The molecular formula is C19H12F3NO3S2. The van der Waals surface area contributed by atoms with Crippen molar-refractivity contribution >= 4 is 51.9 Å². The number of benzene rings is 2. The lowest BCUT2D eigenvalue weighted by Crippen LogP contribution is -2.27. The summed E-state index contributed by atoms with van der Waals surface area (Å²) in [5, 5.41) is 0. The van der Waals surface area contributed by atoms with Crippen LogP contribution in [0.4, 0.5) is 18.9 Å². The Labute approximate surface area is 168 Å². The molecule has 2 aromatic carbocycles. The number of ether oxygens (including phenoxy) is 1. The number of methoxy groups -OCH3 is 1. The standard InChI is InChI=1S/C19H12F3NO3S2/c1-26-17(25)12-7-5-11(6-8-12)9-15-16(24)23(18(27)28-15)14-4-2-3-13(10-14)19(20,21)22/h2-10H,1H3/b15-9-. The number of esters is 1. The Morgan fingerprint density at radius 1 is 1.18 bits per heavy atom. The van der Waals surface area contributed by atoms with E-state index in [0.717, 1.165) is 28.8 Å². The highest BCUT2D eigenvalue weighted by atomic mass is 32.2. The molecule has 1 amide bonds. The van der Waals surface area contributed by atoms with Gasteiger partial charge in [0, 0.05) is 0 Å². The molecule has 144 valence electrons. The number of thiocarbonyl (C=S) groups is 1. The molecule has 0 aliphatic carbocycles. The number of hydrogen-bond donors (Lipinski definition) is 0. The number of carbonyl (C=O) groups excluding carboxylic acids is 2. The molecule has 0 aromatic heterocycles. The minimum absolute atomic E-state index is 0.0572. The zero-order valence-corrected chi connectivity index (χ0v) is 16.0. The van der Waals surface area contributed by atoms with Crippen molar-refractivity contribution in [3.63, 3.8) is 0 Å². The van der Waals surface area contributed by atoms with E-state index in [1.807, 2.05) is 0 Å². The highest BCUT2D eigenvalue weighted by molar-refractivity contribution is 8.27. The molecule has 4 nitrogen and oxygen atoms in total. The molecule has 0 unspecified atom stereocenters. The normalized spacial score (nSPS) is 16.0. The Hall–Kier alpha value is -2.65. The fourth-order valence-electron chi connectivity index (χ4n) is 2.50. The van der Waals surface area contributed by atoms with E-state index >= 15 is 0 Å². The van der Waals surface area contributed by atoms with Crippen molar-refractivity contribution in [3.05, 3.63) is 70.1 Å². The molecule has 1 aliphatic heterocycles. The largest absolute Gasteiger partial charge is 0.465 e. The van der Waals surface area contributed by atoms with Crippen LogP contribution in [-0.2, 0) is 15.7 Å². The molecule has 28 heavy (non-hydrogen) atoms. The molecule has 1 fully saturated rings. The van der Waals surface area contributed by atoms with Crippen molar-refractivity contribution in [3.8, 4) is 0 Å². The van der Waals surface area contributed by atoms with E-state index in [0.29, 0.717) is 11.1 Å². The molecular weight excluding hydrogens is 411 g/mol. The third-order valence-corrected chi connectivity index (χ3v) is 5.16. The summed E-state index contributed by atoms with van der Waals surface area (Å²) in [6, 6.07) is 10.8. The van der Waals surface area contributed by atoms with Gasteiger partial charge in [-0.15, -0.1) is 0 Å². The molecule has 0 atom stereocenters. The van der Waals surface area contributed by atoms with E-state index in [4.69, 9.17) is 12.2 Å². The molecule has 0 radical (unpaired) electrons. The highest BCUT2D eigenvalue weighted by Crippen LogP contribution is 2.38. The summed E-state index contributed by atoms with van der Waals surface area (Å²) >= 11 is 6.18. The third-order valence-electron chi connectivity index (χ3n) is 3.85. The van der Waals surface area contributed by atoms with E-state index < -0.39 is 23.6 Å². The molecule has 0 spiro atoms. The molecule has 2 aromatic rings. The number of alkyl halides is 3. The smallest absolute Gasteiger partial charge is 0.416 e. The van der Waals surface area contributed by atoms with Crippen LogP contribution < -0.4 is 4.90 Å². The number of halogens is 3. The van der Waals surface area contributed by atoms with E-state index in [9.17, 15) is 22.8 Å². The summed E-state index contributed by atoms with van der Waals surface area (Å²) in [6.07, 6.45) is -2.96. The molecule has 9 heteroatoms. The van der Waals surface area contributed by atoms with Crippen LogP contribution in [0.1, 0.15) is 21.5 Å². The maximum atomic E-state index is 12.9. The van der Waals surface area contributed by atoms with Crippen LogP contribution in [0.25, 0.3) is 6.08 Å². The minimum Gasteiger partial charge on any atom is -0.465 e. The average molecular weight is 423 g/mol. The van der Waals surface area contributed by atoms with Gasteiger partial charge in [-0.2, -0.15) is 13.2 Å². The number of amides is 1. The number of nitrogens with zero attached hydrogens (tertiary/aromatic N) is 1. The van der Waals surface area contributed by atoms with Crippen LogP contribution in [0, 0.1) is 0 Å². The molecule has 3 rings (SSSR count). The van der Waals surface area contributed by atoms with Crippen molar-refractivity contribution in [2.24, 2.45) is 0 Å². The molecule has 1 aliphatic rings. The Kier molecular flexibility index (Phi) is 5.57. The zero-order chi connectivity index (χ0) is 20.5. The number of hydrogen-bond acceptors (Lipinski definition) is 5. The third kappa shape index (κ3) is 4.10. The van der Waals surface area contributed by atoms with E-state index in [1.54, 1.807) is 30.3 Å². The van der Waals surface area contributed by atoms with E-state index in [2.05, 4.69) is 4.74 Å². The predicted octanol–water partition coefficient (Wildman–Crippen LogP) is 4.90. The monoisotopic (exact) mass is 423 g/mol. The number of rotatable bonds is 3. The maximum absolute atomic E-state index is 12.9. The maximum Gasteiger partial charge on any atom is 0.416 e. The molecule has 1 heterocycles. The van der Waals surface area contributed by atoms with Crippen LogP contribution in [0.15, 0.2) is 53.4 Å². The number of carbonyl (C=O) groups is 2. The first kappa shape index (κ1) is 20.1. The lowest BCUT2D eigenvalue weighted by molar-refractivity contribution is -0.137. The van der Waals surface area contributed by atoms with Gasteiger partial charge in [0.05, 0.1) is 28.8 Å². The van der Waals surface area contributed by atoms with Gasteiger partial charge < -0.3 is 4.74 Å². The lowest BCUT2D eigenvalue weighted by Gasteiger charge is -2.16. The molecule has 0 saturated carbocycles. The van der Waals surface area contributed by atoms with Crippen LogP contribution in [-0.4, -0.2) is 23.3 Å². The molecule has 0 N–H and O–H groups in total. The van der Waals surface area contributed by atoms with Gasteiger partial charge in [0.2, 0.25) is 0 Å². The fraction of sp³-hybridized carbons (Fsp3) is 0.105. The van der Waals surface area contributed by atoms with Gasteiger partial charge in [-0.05, 0) is 42.0 Å². The van der Waals surface area contributed by atoms with Gasteiger partial charge in [0.25, 0.3) is 5.91 Å². The van der Waals surface area contributed by atoms with Crippen molar-refractivity contribution in [2.75, 3.05) is 12.0 Å². The topological polar surface area (TPSA) is 46.6 Å². The predicted molar refractivity (Wildman–Crippen MR) is 105 cm³/mol. The minimum atomic E-state index is -4.52. The van der Waals surface area contributed by atoms with Gasteiger partial charge >= 0.3 is 12.1 Å².